The Hall–Kier alpha value is -0.160. The molecule has 4 heteroatoms. The summed E-state index contributed by atoms with van der Waals surface area (Å²) in [5.74, 6) is 0. The molecule has 1 heterocycles. The van der Waals surface area contributed by atoms with Crippen LogP contribution in [-0.4, -0.2) is 62.0 Å². The van der Waals surface area contributed by atoms with Gasteiger partial charge in [-0.25, -0.2) is 0 Å². The Labute approximate surface area is 130 Å². The second kappa shape index (κ2) is 9.09. The van der Waals surface area contributed by atoms with Crippen molar-refractivity contribution in [2.45, 2.75) is 57.9 Å². The summed E-state index contributed by atoms with van der Waals surface area (Å²) in [6, 6.07) is 0.676. The molecule has 0 amide bonds. The van der Waals surface area contributed by atoms with Crippen LogP contribution in [0.2, 0.25) is 0 Å². The van der Waals surface area contributed by atoms with Crippen LogP contribution in [0.1, 0.15) is 51.9 Å². The largest absolute Gasteiger partial charge is 0.395 e. The Morgan fingerprint density at radius 2 is 2.10 bits per heavy atom. The van der Waals surface area contributed by atoms with Crippen molar-refractivity contribution in [1.82, 2.24) is 10.2 Å². The van der Waals surface area contributed by atoms with Gasteiger partial charge in [-0.05, 0) is 32.2 Å². The van der Waals surface area contributed by atoms with Gasteiger partial charge in [-0.15, -0.1) is 0 Å². The molecule has 1 aliphatic carbocycles. The minimum Gasteiger partial charge on any atom is -0.395 e. The van der Waals surface area contributed by atoms with Crippen LogP contribution < -0.4 is 5.32 Å². The Bertz CT molecular complexity index is 274. The van der Waals surface area contributed by atoms with Crippen LogP contribution in [-0.2, 0) is 4.74 Å². The van der Waals surface area contributed by atoms with E-state index in [1.54, 1.807) is 0 Å². The van der Waals surface area contributed by atoms with Crippen molar-refractivity contribution >= 4 is 0 Å². The van der Waals surface area contributed by atoms with Gasteiger partial charge in [0.25, 0.3) is 0 Å². The average molecular weight is 298 g/mol. The first-order valence-corrected chi connectivity index (χ1v) is 8.93. The zero-order chi connectivity index (χ0) is 15.0. The molecule has 0 aromatic rings. The summed E-state index contributed by atoms with van der Waals surface area (Å²) < 4.78 is 5.73. The van der Waals surface area contributed by atoms with E-state index in [1.165, 1.54) is 38.5 Å². The van der Waals surface area contributed by atoms with Crippen molar-refractivity contribution in [1.29, 1.82) is 0 Å². The van der Waals surface area contributed by atoms with Crippen molar-refractivity contribution < 1.29 is 9.84 Å². The van der Waals surface area contributed by atoms with Crippen molar-refractivity contribution in [2.24, 2.45) is 5.41 Å². The van der Waals surface area contributed by atoms with Gasteiger partial charge < -0.3 is 15.2 Å². The number of hydrogen-bond acceptors (Lipinski definition) is 4. The average Bonchev–Trinajstić information content (AvgIpc) is 2.97. The standard InChI is InChI=1S/C17H34N2O2/c1-2-9-18-13-17(8-12-21-15-17)14-19(10-11-20)16-6-4-3-5-7-16/h16,18,20H,2-15H2,1H3. The van der Waals surface area contributed by atoms with Gasteiger partial charge in [-0.2, -0.15) is 0 Å². The predicted molar refractivity (Wildman–Crippen MR) is 86.6 cm³/mol. The second-order valence-corrected chi connectivity index (χ2v) is 6.97. The van der Waals surface area contributed by atoms with E-state index in [2.05, 4.69) is 17.1 Å². The number of nitrogens with one attached hydrogen (secondary N) is 1. The van der Waals surface area contributed by atoms with Crippen LogP contribution in [0, 0.1) is 5.41 Å². The normalized spacial score (nSPS) is 27.6. The molecule has 2 N–H and O–H groups in total. The zero-order valence-electron chi connectivity index (χ0n) is 13.8. The van der Waals surface area contributed by atoms with Crippen LogP contribution in [0.5, 0.6) is 0 Å². The van der Waals surface area contributed by atoms with E-state index >= 15 is 0 Å². The van der Waals surface area contributed by atoms with E-state index in [-0.39, 0.29) is 12.0 Å². The summed E-state index contributed by atoms with van der Waals surface area (Å²) in [6.45, 7) is 8.29. The lowest BCUT2D eigenvalue weighted by Gasteiger charge is -2.40. The maximum absolute atomic E-state index is 9.45. The summed E-state index contributed by atoms with van der Waals surface area (Å²) in [6.07, 6.45) is 9.03. The molecule has 2 aliphatic rings. The molecule has 1 saturated heterocycles. The molecule has 2 rings (SSSR count). The van der Waals surface area contributed by atoms with Crippen molar-refractivity contribution in [3.63, 3.8) is 0 Å². The number of ether oxygens (including phenoxy) is 1. The number of aliphatic hydroxyl groups excluding tert-OH is 1. The fraction of sp³-hybridized carbons (Fsp3) is 1.00. The summed E-state index contributed by atoms with van der Waals surface area (Å²) in [5, 5.41) is 13.0. The highest BCUT2D eigenvalue weighted by Crippen LogP contribution is 2.32. The molecule has 2 fully saturated rings. The van der Waals surface area contributed by atoms with Gasteiger partial charge in [0.2, 0.25) is 0 Å². The molecule has 1 aliphatic heterocycles. The van der Waals surface area contributed by atoms with Crippen LogP contribution in [0.4, 0.5) is 0 Å². The number of rotatable bonds is 9. The fourth-order valence-corrected chi connectivity index (χ4v) is 3.90. The highest BCUT2D eigenvalue weighted by molar-refractivity contribution is 4.90. The Morgan fingerprint density at radius 3 is 2.71 bits per heavy atom. The third kappa shape index (κ3) is 5.20. The number of aliphatic hydroxyl groups is 1. The monoisotopic (exact) mass is 298 g/mol. The molecule has 0 radical (unpaired) electrons. The lowest BCUT2D eigenvalue weighted by atomic mass is 9.84. The quantitative estimate of drug-likeness (QED) is 0.639. The smallest absolute Gasteiger partial charge is 0.0558 e. The molecule has 4 nitrogen and oxygen atoms in total. The van der Waals surface area contributed by atoms with E-state index in [0.29, 0.717) is 6.04 Å². The summed E-state index contributed by atoms with van der Waals surface area (Å²) in [7, 11) is 0. The maximum atomic E-state index is 9.45. The van der Waals surface area contributed by atoms with Crippen molar-refractivity contribution in [3.05, 3.63) is 0 Å². The zero-order valence-corrected chi connectivity index (χ0v) is 13.8. The Kier molecular flexibility index (Phi) is 7.44. The van der Waals surface area contributed by atoms with Gasteiger partial charge >= 0.3 is 0 Å². The molecular formula is C17H34N2O2. The number of nitrogens with zero attached hydrogens (tertiary/aromatic N) is 1. The molecule has 1 unspecified atom stereocenters. The summed E-state index contributed by atoms with van der Waals surface area (Å²) >= 11 is 0. The summed E-state index contributed by atoms with van der Waals surface area (Å²) in [4.78, 5) is 2.56. The Morgan fingerprint density at radius 1 is 1.29 bits per heavy atom. The highest BCUT2D eigenvalue weighted by Gasteiger charge is 2.37. The minimum atomic E-state index is 0.252. The summed E-state index contributed by atoms with van der Waals surface area (Å²) in [5.41, 5.74) is 0.252. The maximum Gasteiger partial charge on any atom is 0.0558 e. The molecule has 0 bridgehead atoms. The predicted octanol–water partition coefficient (Wildman–Crippen LogP) is 2.02. The molecule has 124 valence electrons. The minimum absolute atomic E-state index is 0.252. The molecule has 0 aromatic carbocycles. The molecule has 1 saturated carbocycles. The highest BCUT2D eigenvalue weighted by atomic mass is 16.5. The molecule has 21 heavy (non-hydrogen) atoms. The molecular weight excluding hydrogens is 264 g/mol. The first-order chi connectivity index (χ1) is 10.3. The lowest BCUT2D eigenvalue weighted by Crippen LogP contribution is -2.49. The van der Waals surface area contributed by atoms with Crippen LogP contribution in [0.25, 0.3) is 0 Å². The third-order valence-electron chi connectivity index (χ3n) is 5.13. The van der Waals surface area contributed by atoms with Gasteiger partial charge in [0, 0.05) is 37.7 Å². The Balaban J connectivity index is 1.93. The SMILES string of the molecule is CCCNCC1(CN(CCO)C2CCCCC2)CCOC1. The van der Waals surface area contributed by atoms with Gasteiger partial charge in [-0.3, -0.25) is 4.90 Å². The molecule has 1 atom stereocenters. The lowest BCUT2D eigenvalue weighted by molar-refractivity contribution is 0.0586. The fourth-order valence-electron chi connectivity index (χ4n) is 3.90. The van der Waals surface area contributed by atoms with Gasteiger partial charge in [0.15, 0.2) is 0 Å². The van der Waals surface area contributed by atoms with Gasteiger partial charge in [0.05, 0.1) is 13.2 Å². The van der Waals surface area contributed by atoms with Crippen molar-refractivity contribution in [3.8, 4) is 0 Å². The first kappa shape index (κ1) is 17.2. The van der Waals surface area contributed by atoms with Crippen molar-refractivity contribution in [2.75, 3.05) is 46.0 Å². The van der Waals surface area contributed by atoms with Crippen LogP contribution in [0.15, 0.2) is 0 Å². The topological polar surface area (TPSA) is 44.7 Å². The molecule has 0 spiro atoms. The van der Waals surface area contributed by atoms with Gasteiger partial charge in [0.1, 0.15) is 0 Å². The van der Waals surface area contributed by atoms with E-state index in [0.717, 1.165) is 45.8 Å². The third-order valence-corrected chi connectivity index (χ3v) is 5.13. The number of hydrogen-bond donors (Lipinski definition) is 2. The second-order valence-electron chi connectivity index (χ2n) is 6.97. The molecule has 0 aromatic heterocycles. The first-order valence-electron chi connectivity index (χ1n) is 8.93. The van der Waals surface area contributed by atoms with E-state index in [9.17, 15) is 5.11 Å². The van der Waals surface area contributed by atoms with E-state index in [4.69, 9.17) is 4.74 Å². The van der Waals surface area contributed by atoms with Crippen LogP contribution in [0.3, 0.4) is 0 Å². The van der Waals surface area contributed by atoms with Crippen LogP contribution >= 0.6 is 0 Å². The van der Waals surface area contributed by atoms with E-state index in [1.807, 2.05) is 0 Å². The van der Waals surface area contributed by atoms with E-state index < -0.39 is 0 Å². The van der Waals surface area contributed by atoms with Gasteiger partial charge in [-0.1, -0.05) is 26.2 Å².